The molecule has 0 bridgehead atoms. The third-order valence-corrected chi connectivity index (χ3v) is 4.64. The molecular formula is C18H23N3O3. The average Bonchev–Trinajstić information content (AvgIpc) is 2.87. The van der Waals surface area contributed by atoms with Crippen molar-refractivity contribution in [2.24, 2.45) is 17.6 Å². The summed E-state index contributed by atoms with van der Waals surface area (Å²) in [7, 11) is 0. The van der Waals surface area contributed by atoms with Crippen molar-refractivity contribution in [1.29, 1.82) is 0 Å². The molecule has 4 N–H and O–H groups in total. The summed E-state index contributed by atoms with van der Waals surface area (Å²) in [5, 5.41) is 19.5. The lowest BCUT2D eigenvalue weighted by Gasteiger charge is -2.21. The molecule has 2 aromatic rings. The molecule has 6 nitrogen and oxygen atoms in total. The van der Waals surface area contributed by atoms with Gasteiger partial charge in [-0.25, -0.2) is 9.97 Å². The Morgan fingerprint density at radius 2 is 1.96 bits per heavy atom. The molecule has 1 heterocycles. The first-order chi connectivity index (χ1) is 11.7. The molecule has 128 valence electrons. The number of ether oxygens (including phenoxy) is 1. The molecule has 0 saturated heterocycles. The van der Waals surface area contributed by atoms with Gasteiger partial charge in [-0.15, -0.1) is 0 Å². The maximum absolute atomic E-state index is 9.98. The van der Waals surface area contributed by atoms with Crippen LogP contribution < -0.4 is 10.5 Å². The predicted molar refractivity (Wildman–Crippen MR) is 89.2 cm³/mol. The Morgan fingerprint density at radius 1 is 1.17 bits per heavy atom. The number of para-hydroxylation sites is 1. The van der Waals surface area contributed by atoms with Crippen molar-refractivity contribution in [1.82, 2.24) is 9.97 Å². The third kappa shape index (κ3) is 3.90. The van der Waals surface area contributed by atoms with Crippen LogP contribution in [0, 0.1) is 11.8 Å². The molecular weight excluding hydrogens is 306 g/mol. The second-order valence-electron chi connectivity index (χ2n) is 6.25. The molecule has 1 aliphatic rings. The van der Waals surface area contributed by atoms with E-state index in [4.69, 9.17) is 10.5 Å². The highest BCUT2D eigenvalue weighted by Crippen LogP contribution is 2.33. The van der Waals surface area contributed by atoms with E-state index in [9.17, 15) is 10.2 Å². The Hall–Kier alpha value is -2.02. The molecule has 0 aliphatic heterocycles. The number of benzene rings is 1. The van der Waals surface area contributed by atoms with E-state index < -0.39 is 6.10 Å². The van der Waals surface area contributed by atoms with Gasteiger partial charge in [-0.3, -0.25) is 0 Å². The fourth-order valence-electron chi connectivity index (χ4n) is 3.32. The van der Waals surface area contributed by atoms with Gasteiger partial charge in [0, 0.05) is 30.5 Å². The average molecular weight is 329 g/mol. The van der Waals surface area contributed by atoms with Crippen LogP contribution in [0.1, 0.15) is 17.9 Å². The summed E-state index contributed by atoms with van der Waals surface area (Å²) in [6.07, 6.45) is 2.30. The van der Waals surface area contributed by atoms with Gasteiger partial charge < -0.3 is 20.7 Å². The van der Waals surface area contributed by atoms with Crippen molar-refractivity contribution in [3.8, 4) is 5.75 Å². The Balaban J connectivity index is 1.65. The summed E-state index contributed by atoms with van der Waals surface area (Å²) in [6.45, 7) is 0.231. The lowest BCUT2D eigenvalue weighted by Crippen LogP contribution is -2.31. The number of hydrogen-bond acceptors (Lipinski definition) is 6. The monoisotopic (exact) mass is 329 g/mol. The summed E-state index contributed by atoms with van der Waals surface area (Å²) in [5.74, 6) is 1.19. The molecule has 24 heavy (non-hydrogen) atoms. The Labute approximate surface area is 141 Å². The van der Waals surface area contributed by atoms with Crippen LogP contribution >= 0.6 is 0 Å². The summed E-state index contributed by atoms with van der Waals surface area (Å²) < 4.78 is 5.67. The van der Waals surface area contributed by atoms with Crippen LogP contribution in [0.3, 0.4) is 0 Å². The molecule has 0 radical (unpaired) electrons. The molecule has 0 unspecified atom stereocenters. The number of nitrogens with two attached hydrogens (primary N) is 1. The lowest BCUT2D eigenvalue weighted by molar-refractivity contribution is 0.0717. The van der Waals surface area contributed by atoms with Gasteiger partial charge in [0.1, 0.15) is 12.4 Å². The summed E-state index contributed by atoms with van der Waals surface area (Å²) in [6, 6.07) is 11.2. The maximum Gasteiger partial charge on any atom is 0.166 e. The Bertz CT molecular complexity index is 653. The summed E-state index contributed by atoms with van der Waals surface area (Å²) >= 11 is 0. The van der Waals surface area contributed by atoms with Crippen molar-refractivity contribution in [3.05, 3.63) is 54.1 Å². The van der Waals surface area contributed by atoms with E-state index >= 15 is 0 Å². The topological polar surface area (TPSA) is 101 Å². The quantitative estimate of drug-likeness (QED) is 0.728. The number of rotatable bonds is 6. The molecule has 3 rings (SSSR count). The van der Waals surface area contributed by atoms with Crippen molar-refractivity contribution >= 4 is 0 Å². The zero-order valence-corrected chi connectivity index (χ0v) is 13.5. The number of aliphatic hydroxyl groups excluding tert-OH is 2. The first kappa shape index (κ1) is 16.8. The number of hydrogen-bond donors (Lipinski definition) is 3. The van der Waals surface area contributed by atoms with E-state index in [1.807, 2.05) is 36.4 Å². The van der Waals surface area contributed by atoms with Gasteiger partial charge in [-0.05, 0) is 37.0 Å². The highest BCUT2D eigenvalue weighted by molar-refractivity contribution is 5.21. The molecule has 0 spiro atoms. The predicted octanol–water partition coefficient (Wildman–Crippen LogP) is 0.915. The second kappa shape index (κ2) is 7.70. The standard InChI is InChI=1S/C18H23N3O3/c19-16-9-17(23)15(10-22)14(16)8-12-6-7-20-18(21-12)11-24-13-4-2-1-3-5-13/h1-7,14-17,22-23H,8-11,19H2/t14-,15-,16-,17-/m1/s1. The Kier molecular flexibility index (Phi) is 5.40. The minimum Gasteiger partial charge on any atom is -0.486 e. The van der Waals surface area contributed by atoms with Gasteiger partial charge >= 0.3 is 0 Å². The minimum atomic E-state index is -0.544. The van der Waals surface area contributed by atoms with Gasteiger partial charge in [-0.1, -0.05) is 18.2 Å². The van der Waals surface area contributed by atoms with Gasteiger partial charge in [0.05, 0.1) is 6.10 Å². The maximum atomic E-state index is 9.98. The van der Waals surface area contributed by atoms with Crippen molar-refractivity contribution in [2.75, 3.05) is 6.61 Å². The first-order valence-electron chi connectivity index (χ1n) is 8.20. The van der Waals surface area contributed by atoms with E-state index in [0.717, 1.165) is 11.4 Å². The zero-order chi connectivity index (χ0) is 16.9. The SMILES string of the molecule is N[C@@H]1C[C@@H](O)[C@H](CO)[C@H]1Cc1ccnc(COc2ccccc2)n1. The molecule has 1 fully saturated rings. The molecule has 1 aromatic carbocycles. The van der Waals surface area contributed by atoms with Crippen LogP contribution in [0.2, 0.25) is 0 Å². The fraction of sp³-hybridized carbons (Fsp3) is 0.444. The molecule has 1 aliphatic carbocycles. The second-order valence-corrected chi connectivity index (χ2v) is 6.25. The lowest BCUT2D eigenvalue weighted by atomic mass is 9.89. The molecule has 1 saturated carbocycles. The van der Waals surface area contributed by atoms with Crippen LogP contribution in [-0.4, -0.2) is 38.9 Å². The number of aliphatic hydroxyl groups is 2. The van der Waals surface area contributed by atoms with Crippen LogP contribution in [0.4, 0.5) is 0 Å². The number of nitrogens with zero attached hydrogens (tertiary/aromatic N) is 2. The minimum absolute atomic E-state index is 0.0165. The van der Waals surface area contributed by atoms with Crippen molar-refractivity contribution < 1.29 is 14.9 Å². The normalized spacial score (nSPS) is 26.5. The van der Waals surface area contributed by atoms with Crippen molar-refractivity contribution in [2.45, 2.75) is 31.6 Å². The molecule has 4 atom stereocenters. The highest BCUT2D eigenvalue weighted by Gasteiger charge is 2.40. The van der Waals surface area contributed by atoms with Gasteiger partial charge in [0.25, 0.3) is 0 Å². The third-order valence-electron chi connectivity index (χ3n) is 4.64. The summed E-state index contributed by atoms with van der Waals surface area (Å²) in [5.41, 5.74) is 6.97. The van der Waals surface area contributed by atoms with E-state index in [0.29, 0.717) is 25.3 Å². The fourth-order valence-corrected chi connectivity index (χ4v) is 3.32. The van der Waals surface area contributed by atoms with Crippen LogP contribution in [0.5, 0.6) is 5.75 Å². The van der Waals surface area contributed by atoms with Crippen molar-refractivity contribution in [3.63, 3.8) is 0 Å². The molecule has 6 heteroatoms. The van der Waals surface area contributed by atoms with Crippen LogP contribution in [0.15, 0.2) is 42.6 Å². The largest absolute Gasteiger partial charge is 0.486 e. The number of aromatic nitrogens is 2. The highest BCUT2D eigenvalue weighted by atomic mass is 16.5. The molecule has 0 amide bonds. The van der Waals surface area contributed by atoms with E-state index in [2.05, 4.69) is 9.97 Å². The van der Waals surface area contributed by atoms with E-state index in [1.54, 1.807) is 6.20 Å². The van der Waals surface area contributed by atoms with Gasteiger partial charge in [0.15, 0.2) is 5.82 Å². The zero-order valence-electron chi connectivity index (χ0n) is 13.5. The van der Waals surface area contributed by atoms with E-state index in [-0.39, 0.29) is 24.5 Å². The Morgan fingerprint density at radius 3 is 2.71 bits per heavy atom. The first-order valence-corrected chi connectivity index (χ1v) is 8.20. The van der Waals surface area contributed by atoms with Gasteiger partial charge in [0.2, 0.25) is 0 Å². The van der Waals surface area contributed by atoms with E-state index in [1.165, 1.54) is 0 Å². The van der Waals surface area contributed by atoms with Crippen LogP contribution in [0.25, 0.3) is 0 Å². The molecule has 1 aromatic heterocycles. The van der Waals surface area contributed by atoms with Gasteiger partial charge in [-0.2, -0.15) is 0 Å². The smallest absolute Gasteiger partial charge is 0.166 e. The summed E-state index contributed by atoms with van der Waals surface area (Å²) in [4.78, 5) is 8.76. The van der Waals surface area contributed by atoms with Crippen LogP contribution in [-0.2, 0) is 13.0 Å².